The third-order valence-corrected chi connectivity index (χ3v) is 3.77. The summed E-state index contributed by atoms with van der Waals surface area (Å²) in [6, 6.07) is 9.82. The lowest BCUT2D eigenvalue weighted by Gasteiger charge is -2.24. The van der Waals surface area contributed by atoms with Crippen molar-refractivity contribution < 1.29 is 4.79 Å². The van der Waals surface area contributed by atoms with Gasteiger partial charge in [-0.3, -0.25) is 9.89 Å². The molecule has 4 nitrogen and oxygen atoms in total. The zero-order valence-corrected chi connectivity index (χ0v) is 12.4. The van der Waals surface area contributed by atoms with Gasteiger partial charge in [-0.1, -0.05) is 30.3 Å². The largest absolute Gasteiger partial charge is 0.351 e. The Balaban J connectivity index is 2.09. The Morgan fingerprint density at radius 3 is 2.45 bits per heavy atom. The van der Waals surface area contributed by atoms with Crippen molar-refractivity contribution in [1.82, 2.24) is 15.5 Å². The predicted octanol–water partition coefficient (Wildman–Crippen LogP) is 2.62. The van der Waals surface area contributed by atoms with E-state index in [9.17, 15) is 4.79 Å². The standard InChI is InChI=1S/C16H21N3O/c1-11-14(12(2)19-18-11)10-17-15(20)16(3,4)13-8-6-5-7-9-13/h5-9H,10H2,1-4H3,(H,17,20)(H,18,19). The minimum absolute atomic E-state index is 0.0173. The first-order valence-corrected chi connectivity index (χ1v) is 6.77. The number of rotatable bonds is 4. The molecule has 0 aliphatic carbocycles. The summed E-state index contributed by atoms with van der Waals surface area (Å²) in [4.78, 5) is 12.4. The van der Waals surface area contributed by atoms with Crippen LogP contribution in [0.25, 0.3) is 0 Å². The number of nitrogens with one attached hydrogen (secondary N) is 2. The van der Waals surface area contributed by atoms with Gasteiger partial charge in [0.1, 0.15) is 0 Å². The van der Waals surface area contributed by atoms with E-state index in [2.05, 4.69) is 15.5 Å². The van der Waals surface area contributed by atoms with Crippen molar-refractivity contribution in [3.8, 4) is 0 Å². The molecule has 2 N–H and O–H groups in total. The Labute approximate surface area is 119 Å². The fourth-order valence-corrected chi connectivity index (χ4v) is 2.21. The topological polar surface area (TPSA) is 57.8 Å². The van der Waals surface area contributed by atoms with Gasteiger partial charge in [-0.15, -0.1) is 0 Å². The molecule has 0 aliphatic heterocycles. The molecule has 1 aromatic carbocycles. The highest BCUT2D eigenvalue weighted by molar-refractivity contribution is 5.87. The van der Waals surface area contributed by atoms with E-state index in [0.717, 1.165) is 22.5 Å². The molecule has 4 heteroatoms. The van der Waals surface area contributed by atoms with Crippen molar-refractivity contribution in [3.05, 3.63) is 52.8 Å². The molecule has 0 saturated carbocycles. The number of nitrogens with zero attached hydrogens (tertiary/aromatic N) is 1. The summed E-state index contributed by atoms with van der Waals surface area (Å²) in [5.74, 6) is 0.0173. The molecule has 1 aromatic heterocycles. The Hall–Kier alpha value is -2.10. The molecule has 106 valence electrons. The Morgan fingerprint density at radius 2 is 1.90 bits per heavy atom. The number of carbonyl (C=O) groups is 1. The second-order valence-corrected chi connectivity index (χ2v) is 5.59. The molecule has 2 aromatic rings. The van der Waals surface area contributed by atoms with Crippen LogP contribution in [0, 0.1) is 13.8 Å². The van der Waals surface area contributed by atoms with E-state index in [-0.39, 0.29) is 5.91 Å². The van der Waals surface area contributed by atoms with E-state index in [4.69, 9.17) is 0 Å². The van der Waals surface area contributed by atoms with Crippen molar-refractivity contribution in [2.45, 2.75) is 39.7 Å². The van der Waals surface area contributed by atoms with E-state index in [1.165, 1.54) is 0 Å². The summed E-state index contributed by atoms with van der Waals surface area (Å²) in [6.07, 6.45) is 0. The number of amides is 1. The average molecular weight is 271 g/mol. The summed E-state index contributed by atoms with van der Waals surface area (Å²) in [5.41, 5.74) is 3.45. The highest BCUT2D eigenvalue weighted by atomic mass is 16.2. The highest BCUT2D eigenvalue weighted by Crippen LogP contribution is 2.23. The van der Waals surface area contributed by atoms with Gasteiger partial charge >= 0.3 is 0 Å². The minimum atomic E-state index is -0.549. The van der Waals surface area contributed by atoms with E-state index in [1.54, 1.807) is 0 Å². The average Bonchev–Trinajstić information content (AvgIpc) is 2.76. The van der Waals surface area contributed by atoms with Crippen LogP contribution in [0.3, 0.4) is 0 Å². The van der Waals surface area contributed by atoms with Gasteiger partial charge in [0.25, 0.3) is 0 Å². The lowest BCUT2D eigenvalue weighted by atomic mass is 9.83. The summed E-state index contributed by atoms with van der Waals surface area (Å²) in [5, 5.41) is 10.1. The number of aromatic amines is 1. The molecule has 2 rings (SSSR count). The monoisotopic (exact) mass is 271 g/mol. The van der Waals surface area contributed by atoms with Crippen molar-refractivity contribution in [3.63, 3.8) is 0 Å². The van der Waals surface area contributed by atoms with Crippen LogP contribution in [0.1, 0.15) is 36.4 Å². The normalized spacial score (nSPS) is 11.4. The van der Waals surface area contributed by atoms with Gasteiger partial charge in [0.15, 0.2) is 0 Å². The van der Waals surface area contributed by atoms with Crippen LogP contribution in [0.15, 0.2) is 30.3 Å². The molecular formula is C16H21N3O. The molecule has 0 bridgehead atoms. The van der Waals surface area contributed by atoms with Gasteiger partial charge in [-0.2, -0.15) is 5.10 Å². The van der Waals surface area contributed by atoms with E-state index >= 15 is 0 Å². The maximum absolute atomic E-state index is 12.4. The van der Waals surface area contributed by atoms with Crippen molar-refractivity contribution in [2.75, 3.05) is 0 Å². The summed E-state index contributed by atoms with van der Waals surface area (Å²) >= 11 is 0. The van der Waals surface area contributed by atoms with Gasteiger partial charge < -0.3 is 5.32 Å². The number of carbonyl (C=O) groups excluding carboxylic acids is 1. The molecule has 0 unspecified atom stereocenters. The third kappa shape index (κ3) is 2.74. The van der Waals surface area contributed by atoms with Crippen LogP contribution in [0.4, 0.5) is 0 Å². The van der Waals surface area contributed by atoms with Gasteiger partial charge in [-0.05, 0) is 33.3 Å². The smallest absolute Gasteiger partial charge is 0.230 e. The molecule has 0 spiro atoms. The maximum atomic E-state index is 12.4. The minimum Gasteiger partial charge on any atom is -0.351 e. The van der Waals surface area contributed by atoms with E-state index in [1.807, 2.05) is 58.0 Å². The first-order chi connectivity index (χ1) is 9.43. The van der Waals surface area contributed by atoms with Crippen LogP contribution in [-0.4, -0.2) is 16.1 Å². The molecule has 1 heterocycles. The maximum Gasteiger partial charge on any atom is 0.230 e. The second kappa shape index (κ2) is 5.49. The zero-order valence-electron chi connectivity index (χ0n) is 12.4. The molecule has 0 aliphatic rings. The van der Waals surface area contributed by atoms with Crippen LogP contribution in [0.2, 0.25) is 0 Å². The Bertz CT molecular complexity index is 580. The number of H-pyrrole nitrogens is 1. The SMILES string of the molecule is Cc1n[nH]c(C)c1CNC(=O)C(C)(C)c1ccccc1. The molecule has 0 atom stereocenters. The van der Waals surface area contributed by atoms with Crippen molar-refractivity contribution in [2.24, 2.45) is 0 Å². The van der Waals surface area contributed by atoms with Crippen LogP contribution in [0.5, 0.6) is 0 Å². The number of benzene rings is 1. The fraction of sp³-hybridized carbons (Fsp3) is 0.375. The summed E-state index contributed by atoms with van der Waals surface area (Å²) < 4.78 is 0. The van der Waals surface area contributed by atoms with Crippen LogP contribution >= 0.6 is 0 Å². The molecule has 0 fully saturated rings. The van der Waals surface area contributed by atoms with Gasteiger partial charge in [0.2, 0.25) is 5.91 Å². The number of hydrogen-bond acceptors (Lipinski definition) is 2. The predicted molar refractivity (Wildman–Crippen MR) is 79.4 cm³/mol. The zero-order chi connectivity index (χ0) is 14.8. The first kappa shape index (κ1) is 14.3. The Kier molecular flexibility index (Phi) is 3.93. The quantitative estimate of drug-likeness (QED) is 0.898. The first-order valence-electron chi connectivity index (χ1n) is 6.77. The van der Waals surface area contributed by atoms with Gasteiger partial charge in [0, 0.05) is 17.8 Å². The van der Waals surface area contributed by atoms with Crippen molar-refractivity contribution in [1.29, 1.82) is 0 Å². The molecule has 0 radical (unpaired) electrons. The molecule has 1 amide bonds. The molecule has 0 saturated heterocycles. The number of hydrogen-bond donors (Lipinski definition) is 2. The van der Waals surface area contributed by atoms with Crippen LogP contribution in [-0.2, 0) is 16.8 Å². The Morgan fingerprint density at radius 1 is 1.25 bits per heavy atom. The summed E-state index contributed by atoms with van der Waals surface area (Å²) in [7, 11) is 0. The molecular weight excluding hydrogens is 250 g/mol. The van der Waals surface area contributed by atoms with Crippen molar-refractivity contribution >= 4 is 5.91 Å². The molecule has 20 heavy (non-hydrogen) atoms. The van der Waals surface area contributed by atoms with E-state index < -0.39 is 5.41 Å². The van der Waals surface area contributed by atoms with E-state index in [0.29, 0.717) is 6.54 Å². The fourth-order valence-electron chi connectivity index (χ4n) is 2.21. The van der Waals surface area contributed by atoms with Gasteiger partial charge in [-0.25, -0.2) is 0 Å². The summed E-state index contributed by atoms with van der Waals surface area (Å²) in [6.45, 7) is 8.28. The third-order valence-electron chi connectivity index (χ3n) is 3.77. The number of aryl methyl sites for hydroxylation is 2. The number of aromatic nitrogens is 2. The van der Waals surface area contributed by atoms with Gasteiger partial charge in [0.05, 0.1) is 11.1 Å². The second-order valence-electron chi connectivity index (χ2n) is 5.59. The lowest BCUT2D eigenvalue weighted by Crippen LogP contribution is -2.39. The highest BCUT2D eigenvalue weighted by Gasteiger charge is 2.29. The van der Waals surface area contributed by atoms with Crippen LogP contribution < -0.4 is 5.32 Å². The lowest BCUT2D eigenvalue weighted by molar-refractivity contribution is -0.125.